The van der Waals surface area contributed by atoms with Gasteiger partial charge in [0.1, 0.15) is 0 Å². The Morgan fingerprint density at radius 3 is 2.77 bits per heavy atom. The lowest BCUT2D eigenvalue weighted by Crippen LogP contribution is -2.34. The van der Waals surface area contributed by atoms with E-state index >= 15 is 0 Å². The van der Waals surface area contributed by atoms with Crippen LogP contribution in [0.1, 0.15) is 37.8 Å². The minimum atomic E-state index is -0.237. The molecule has 0 bridgehead atoms. The highest BCUT2D eigenvalue weighted by Crippen LogP contribution is 2.29. The highest BCUT2D eigenvalue weighted by Gasteiger charge is 2.35. The first-order chi connectivity index (χ1) is 10.4. The summed E-state index contributed by atoms with van der Waals surface area (Å²) in [6, 6.07) is 5.95. The number of nitrogens with one attached hydrogen (secondary N) is 1. The molecule has 1 atom stereocenters. The normalized spacial score (nSPS) is 18.1. The van der Waals surface area contributed by atoms with Gasteiger partial charge in [-0.05, 0) is 43.4 Å². The van der Waals surface area contributed by atoms with Crippen LogP contribution in [-0.2, 0) is 9.59 Å². The molecular weight excluding hydrogens is 276 g/mol. The van der Waals surface area contributed by atoms with Crippen LogP contribution in [-0.4, -0.2) is 24.9 Å². The number of amides is 2. The molecule has 0 aromatic heterocycles. The van der Waals surface area contributed by atoms with Crippen molar-refractivity contribution in [1.29, 1.82) is 0 Å². The Morgan fingerprint density at radius 2 is 2.09 bits per heavy atom. The Kier molecular flexibility index (Phi) is 5.22. The second-order valence-corrected chi connectivity index (χ2v) is 6.60. The van der Waals surface area contributed by atoms with Crippen molar-refractivity contribution in [1.82, 2.24) is 5.32 Å². The molecule has 22 heavy (non-hydrogen) atoms. The molecule has 1 aromatic rings. The molecule has 4 nitrogen and oxygen atoms in total. The van der Waals surface area contributed by atoms with Gasteiger partial charge in [0.2, 0.25) is 11.8 Å². The molecule has 0 aliphatic carbocycles. The van der Waals surface area contributed by atoms with Gasteiger partial charge in [0, 0.05) is 25.2 Å². The molecule has 1 unspecified atom stereocenters. The molecule has 0 saturated carbocycles. The number of hydrogen-bond acceptors (Lipinski definition) is 2. The maximum Gasteiger partial charge on any atom is 0.227 e. The fourth-order valence-electron chi connectivity index (χ4n) is 2.77. The van der Waals surface area contributed by atoms with Crippen LogP contribution in [0.5, 0.6) is 0 Å². The molecule has 1 aliphatic rings. The summed E-state index contributed by atoms with van der Waals surface area (Å²) < 4.78 is 0. The van der Waals surface area contributed by atoms with E-state index in [1.54, 1.807) is 4.90 Å². The smallest absolute Gasteiger partial charge is 0.227 e. The second kappa shape index (κ2) is 6.95. The van der Waals surface area contributed by atoms with Crippen molar-refractivity contribution >= 4 is 17.5 Å². The van der Waals surface area contributed by atoms with Gasteiger partial charge in [-0.3, -0.25) is 9.59 Å². The Labute approximate surface area is 132 Å². The topological polar surface area (TPSA) is 49.4 Å². The Morgan fingerprint density at radius 1 is 1.36 bits per heavy atom. The number of nitrogens with zero attached hydrogens (tertiary/aromatic N) is 1. The third-order valence-electron chi connectivity index (χ3n) is 4.38. The van der Waals surface area contributed by atoms with Crippen LogP contribution in [0.15, 0.2) is 18.2 Å². The number of rotatable bonds is 5. The molecule has 1 heterocycles. The third kappa shape index (κ3) is 3.67. The monoisotopic (exact) mass is 302 g/mol. The van der Waals surface area contributed by atoms with Crippen molar-refractivity contribution in [2.45, 2.75) is 40.5 Å². The molecule has 1 N–H and O–H groups in total. The number of carbonyl (C=O) groups excluding carboxylic acids is 2. The molecule has 2 rings (SSSR count). The highest BCUT2D eigenvalue weighted by molar-refractivity contribution is 6.00. The van der Waals surface area contributed by atoms with Crippen molar-refractivity contribution in [2.24, 2.45) is 11.8 Å². The van der Waals surface area contributed by atoms with E-state index in [-0.39, 0.29) is 17.7 Å². The molecule has 4 heteroatoms. The number of benzene rings is 1. The van der Waals surface area contributed by atoms with Crippen LogP contribution >= 0.6 is 0 Å². The number of anilines is 1. The summed E-state index contributed by atoms with van der Waals surface area (Å²) in [5.41, 5.74) is 3.20. The van der Waals surface area contributed by atoms with E-state index < -0.39 is 0 Å². The van der Waals surface area contributed by atoms with Crippen LogP contribution in [0.2, 0.25) is 0 Å². The maximum absolute atomic E-state index is 12.3. The van der Waals surface area contributed by atoms with Crippen LogP contribution in [0.25, 0.3) is 0 Å². The van der Waals surface area contributed by atoms with Gasteiger partial charge in [-0.15, -0.1) is 0 Å². The van der Waals surface area contributed by atoms with E-state index in [1.807, 2.05) is 32.0 Å². The van der Waals surface area contributed by atoms with Gasteiger partial charge in [0.05, 0.1) is 5.92 Å². The molecule has 1 aromatic carbocycles. The maximum atomic E-state index is 12.3. The van der Waals surface area contributed by atoms with Crippen molar-refractivity contribution in [3.63, 3.8) is 0 Å². The summed E-state index contributed by atoms with van der Waals surface area (Å²) in [6.07, 6.45) is 1.27. The van der Waals surface area contributed by atoms with Crippen molar-refractivity contribution in [2.75, 3.05) is 18.0 Å². The quantitative estimate of drug-likeness (QED) is 0.909. The minimum Gasteiger partial charge on any atom is -0.356 e. The van der Waals surface area contributed by atoms with Crippen molar-refractivity contribution < 1.29 is 9.59 Å². The standard InChI is InChI=1S/C18H26N2O2/c1-12(2)8-9-19-18(22)15-10-17(21)20(11-15)16-7-5-6-13(3)14(16)4/h5-7,12,15H,8-11H2,1-4H3,(H,19,22). The SMILES string of the molecule is Cc1cccc(N2CC(C(=O)NCCC(C)C)CC2=O)c1C. The summed E-state index contributed by atoms with van der Waals surface area (Å²) in [5.74, 6) is 0.371. The van der Waals surface area contributed by atoms with E-state index in [0.29, 0.717) is 25.4 Å². The van der Waals surface area contributed by atoms with E-state index in [0.717, 1.165) is 23.2 Å². The van der Waals surface area contributed by atoms with Crippen molar-refractivity contribution in [3.8, 4) is 0 Å². The Hall–Kier alpha value is -1.84. The summed E-state index contributed by atoms with van der Waals surface area (Å²) >= 11 is 0. The van der Waals surface area contributed by atoms with Crippen LogP contribution in [0.3, 0.4) is 0 Å². The third-order valence-corrected chi connectivity index (χ3v) is 4.38. The van der Waals surface area contributed by atoms with Gasteiger partial charge >= 0.3 is 0 Å². The van der Waals surface area contributed by atoms with Gasteiger partial charge in [0.25, 0.3) is 0 Å². The van der Waals surface area contributed by atoms with Crippen molar-refractivity contribution in [3.05, 3.63) is 29.3 Å². The van der Waals surface area contributed by atoms with Gasteiger partial charge in [-0.1, -0.05) is 26.0 Å². The van der Waals surface area contributed by atoms with E-state index in [2.05, 4.69) is 19.2 Å². The predicted molar refractivity (Wildman–Crippen MR) is 88.8 cm³/mol. The number of hydrogen-bond donors (Lipinski definition) is 1. The second-order valence-electron chi connectivity index (χ2n) is 6.60. The molecule has 1 saturated heterocycles. The molecule has 1 aliphatic heterocycles. The van der Waals surface area contributed by atoms with E-state index in [9.17, 15) is 9.59 Å². The molecule has 2 amide bonds. The molecule has 1 fully saturated rings. The fourth-order valence-corrected chi connectivity index (χ4v) is 2.77. The fraction of sp³-hybridized carbons (Fsp3) is 0.556. The summed E-state index contributed by atoms with van der Waals surface area (Å²) in [7, 11) is 0. The summed E-state index contributed by atoms with van der Waals surface area (Å²) in [6.45, 7) is 9.49. The number of aryl methyl sites for hydroxylation is 1. The van der Waals surface area contributed by atoms with E-state index in [1.165, 1.54) is 0 Å². The molecule has 0 radical (unpaired) electrons. The largest absolute Gasteiger partial charge is 0.356 e. The van der Waals surface area contributed by atoms with Crippen LogP contribution < -0.4 is 10.2 Å². The Bertz CT molecular complexity index is 566. The van der Waals surface area contributed by atoms with Gasteiger partial charge in [-0.25, -0.2) is 0 Å². The van der Waals surface area contributed by atoms with Crippen LogP contribution in [0.4, 0.5) is 5.69 Å². The average Bonchev–Trinajstić information content (AvgIpc) is 2.83. The van der Waals surface area contributed by atoms with Gasteiger partial charge in [0.15, 0.2) is 0 Å². The molecule has 120 valence electrons. The van der Waals surface area contributed by atoms with Gasteiger partial charge < -0.3 is 10.2 Å². The van der Waals surface area contributed by atoms with Gasteiger partial charge in [-0.2, -0.15) is 0 Å². The zero-order valence-corrected chi connectivity index (χ0v) is 14.0. The predicted octanol–water partition coefficient (Wildman–Crippen LogP) is 2.82. The molecule has 0 spiro atoms. The zero-order valence-electron chi connectivity index (χ0n) is 14.0. The van der Waals surface area contributed by atoms with E-state index in [4.69, 9.17) is 0 Å². The highest BCUT2D eigenvalue weighted by atomic mass is 16.2. The first kappa shape index (κ1) is 16.5. The van der Waals surface area contributed by atoms with Crippen LogP contribution in [0, 0.1) is 25.7 Å². The first-order valence-electron chi connectivity index (χ1n) is 8.04. The summed E-state index contributed by atoms with van der Waals surface area (Å²) in [4.78, 5) is 26.3. The zero-order chi connectivity index (χ0) is 16.3. The Balaban J connectivity index is 2.01. The lowest BCUT2D eigenvalue weighted by molar-refractivity contribution is -0.126. The number of carbonyl (C=O) groups is 2. The minimum absolute atomic E-state index is 0.00167. The average molecular weight is 302 g/mol. The molecular formula is C18H26N2O2. The lowest BCUT2D eigenvalue weighted by atomic mass is 10.1. The first-order valence-corrected chi connectivity index (χ1v) is 8.04. The summed E-state index contributed by atoms with van der Waals surface area (Å²) in [5, 5.41) is 2.96. The lowest BCUT2D eigenvalue weighted by Gasteiger charge is -2.20.